The topological polar surface area (TPSA) is 59.1 Å². The number of aliphatic hydroxyl groups is 1. The molecule has 0 aliphatic carbocycles. The largest absolute Gasteiger partial charge is 0.395 e. The van der Waals surface area contributed by atoms with Crippen molar-refractivity contribution < 1.29 is 5.11 Å². The highest BCUT2D eigenvalue weighted by Gasteiger charge is 2.13. The lowest BCUT2D eigenvalue weighted by atomic mass is 9.96. The number of aromatic nitrogens is 1. The number of pyridine rings is 1. The summed E-state index contributed by atoms with van der Waals surface area (Å²) in [5.41, 5.74) is 7.78. The van der Waals surface area contributed by atoms with Crippen molar-refractivity contribution in [2.24, 2.45) is 5.73 Å². The van der Waals surface area contributed by atoms with Crippen molar-refractivity contribution in [3.8, 4) is 0 Å². The van der Waals surface area contributed by atoms with Crippen LogP contribution in [0.1, 0.15) is 24.1 Å². The van der Waals surface area contributed by atoms with Crippen LogP contribution >= 0.6 is 0 Å². The van der Waals surface area contributed by atoms with Crippen LogP contribution in [0.2, 0.25) is 0 Å². The van der Waals surface area contributed by atoms with E-state index in [1.165, 1.54) is 0 Å². The summed E-state index contributed by atoms with van der Waals surface area (Å²) in [6.45, 7) is 3.95. The highest BCUT2D eigenvalue weighted by atomic mass is 16.3. The highest BCUT2D eigenvalue weighted by molar-refractivity contribution is 5.18. The molecule has 0 bridgehead atoms. The minimum Gasteiger partial charge on any atom is -0.395 e. The van der Waals surface area contributed by atoms with Crippen LogP contribution in [0.15, 0.2) is 18.3 Å². The third-order valence-electron chi connectivity index (χ3n) is 2.31. The van der Waals surface area contributed by atoms with Gasteiger partial charge in [-0.3, -0.25) is 4.98 Å². The summed E-state index contributed by atoms with van der Waals surface area (Å²) in [5.74, 6) is 0.151. The maximum absolute atomic E-state index is 8.88. The normalized spacial score (nSPS) is 15.4. The SMILES string of the molecule is Cc1ccc(C(C)C(N)CO)cn1. The summed E-state index contributed by atoms with van der Waals surface area (Å²) in [4.78, 5) is 4.18. The van der Waals surface area contributed by atoms with Gasteiger partial charge in [0.1, 0.15) is 0 Å². The second-order valence-electron chi connectivity index (χ2n) is 3.37. The first kappa shape index (κ1) is 10.2. The molecule has 0 radical (unpaired) electrons. The lowest BCUT2D eigenvalue weighted by Crippen LogP contribution is -2.30. The fourth-order valence-electron chi connectivity index (χ4n) is 1.15. The van der Waals surface area contributed by atoms with Crippen molar-refractivity contribution in [2.75, 3.05) is 6.61 Å². The van der Waals surface area contributed by atoms with E-state index in [1.54, 1.807) is 0 Å². The van der Waals surface area contributed by atoms with E-state index >= 15 is 0 Å². The number of aliphatic hydroxyl groups excluding tert-OH is 1. The predicted molar refractivity (Wildman–Crippen MR) is 52.5 cm³/mol. The summed E-state index contributed by atoms with van der Waals surface area (Å²) in [6, 6.07) is 3.75. The number of nitrogens with zero attached hydrogens (tertiary/aromatic N) is 1. The zero-order valence-corrected chi connectivity index (χ0v) is 8.07. The molecule has 3 nitrogen and oxygen atoms in total. The number of hydrogen-bond donors (Lipinski definition) is 2. The van der Waals surface area contributed by atoms with E-state index in [0.29, 0.717) is 0 Å². The smallest absolute Gasteiger partial charge is 0.0588 e. The second kappa shape index (κ2) is 4.35. The molecule has 0 aliphatic heterocycles. The molecule has 1 aromatic rings. The molecule has 3 heteroatoms. The van der Waals surface area contributed by atoms with Gasteiger partial charge in [0.25, 0.3) is 0 Å². The minimum atomic E-state index is -0.204. The van der Waals surface area contributed by atoms with E-state index in [-0.39, 0.29) is 18.6 Å². The molecular weight excluding hydrogens is 164 g/mol. The molecule has 72 valence electrons. The number of nitrogens with two attached hydrogens (primary N) is 1. The third-order valence-corrected chi connectivity index (χ3v) is 2.31. The Hall–Kier alpha value is -0.930. The van der Waals surface area contributed by atoms with Crippen LogP contribution in [0.25, 0.3) is 0 Å². The third kappa shape index (κ3) is 2.50. The summed E-state index contributed by atoms with van der Waals surface area (Å²) < 4.78 is 0. The molecule has 1 aromatic heterocycles. The molecule has 1 rings (SSSR count). The molecule has 0 spiro atoms. The average molecular weight is 180 g/mol. The van der Waals surface area contributed by atoms with E-state index in [4.69, 9.17) is 10.8 Å². The van der Waals surface area contributed by atoms with Crippen molar-refractivity contribution in [2.45, 2.75) is 25.8 Å². The Kier molecular flexibility index (Phi) is 3.39. The van der Waals surface area contributed by atoms with Crippen molar-refractivity contribution >= 4 is 0 Å². The van der Waals surface area contributed by atoms with E-state index in [1.807, 2.05) is 32.2 Å². The second-order valence-corrected chi connectivity index (χ2v) is 3.37. The van der Waals surface area contributed by atoms with Gasteiger partial charge in [-0.1, -0.05) is 13.0 Å². The fourth-order valence-corrected chi connectivity index (χ4v) is 1.15. The molecule has 2 atom stereocenters. The molecule has 0 amide bonds. The standard InChI is InChI=1S/C10H16N2O/c1-7-3-4-9(5-12-7)8(2)10(11)6-13/h3-5,8,10,13H,6,11H2,1-2H3. The number of rotatable bonds is 3. The van der Waals surface area contributed by atoms with Gasteiger partial charge in [-0.25, -0.2) is 0 Å². The Balaban J connectivity index is 2.77. The van der Waals surface area contributed by atoms with E-state index in [2.05, 4.69) is 4.98 Å². The minimum absolute atomic E-state index is 0.00897. The average Bonchev–Trinajstić information content (AvgIpc) is 2.17. The lowest BCUT2D eigenvalue weighted by Gasteiger charge is -2.17. The molecule has 0 saturated carbocycles. The molecular formula is C10H16N2O. The number of hydrogen-bond acceptors (Lipinski definition) is 3. The summed E-state index contributed by atoms with van der Waals surface area (Å²) in [6.07, 6.45) is 1.82. The van der Waals surface area contributed by atoms with E-state index in [9.17, 15) is 0 Å². The van der Waals surface area contributed by atoms with Crippen LogP contribution in [0.3, 0.4) is 0 Å². The van der Waals surface area contributed by atoms with Crippen LogP contribution in [0.5, 0.6) is 0 Å². The van der Waals surface area contributed by atoms with Crippen LogP contribution in [0.4, 0.5) is 0 Å². The molecule has 1 heterocycles. The Morgan fingerprint density at radius 1 is 1.54 bits per heavy atom. The predicted octanol–water partition coefficient (Wildman–Crippen LogP) is 0.813. The molecule has 0 saturated heterocycles. The molecule has 3 N–H and O–H groups in total. The maximum Gasteiger partial charge on any atom is 0.0588 e. The Morgan fingerprint density at radius 2 is 2.23 bits per heavy atom. The summed E-state index contributed by atoms with van der Waals surface area (Å²) >= 11 is 0. The molecule has 13 heavy (non-hydrogen) atoms. The Morgan fingerprint density at radius 3 is 2.69 bits per heavy atom. The molecule has 2 unspecified atom stereocenters. The van der Waals surface area contributed by atoms with Gasteiger partial charge in [-0.15, -0.1) is 0 Å². The first-order valence-corrected chi connectivity index (χ1v) is 4.44. The maximum atomic E-state index is 8.88. The van der Waals surface area contributed by atoms with Crippen molar-refractivity contribution in [3.63, 3.8) is 0 Å². The quantitative estimate of drug-likeness (QED) is 0.723. The van der Waals surface area contributed by atoms with Crippen molar-refractivity contribution in [3.05, 3.63) is 29.6 Å². The van der Waals surface area contributed by atoms with E-state index < -0.39 is 0 Å². The number of aryl methyl sites for hydroxylation is 1. The summed E-state index contributed by atoms with van der Waals surface area (Å²) in [5, 5.41) is 8.88. The van der Waals surface area contributed by atoms with Gasteiger partial charge in [0.2, 0.25) is 0 Å². The molecule has 0 aromatic carbocycles. The molecule has 0 aliphatic rings. The van der Waals surface area contributed by atoms with Gasteiger partial charge in [-0.2, -0.15) is 0 Å². The lowest BCUT2D eigenvalue weighted by molar-refractivity contribution is 0.252. The van der Waals surface area contributed by atoms with Gasteiger partial charge < -0.3 is 10.8 Å². The van der Waals surface area contributed by atoms with Gasteiger partial charge in [0.15, 0.2) is 0 Å². The summed E-state index contributed by atoms with van der Waals surface area (Å²) in [7, 11) is 0. The van der Waals surface area contributed by atoms with Crippen molar-refractivity contribution in [1.82, 2.24) is 4.98 Å². The Labute approximate surface area is 78.6 Å². The highest BCUT2D eigenvalue weighted by Crippen LogP contribution is 2.16. The van der Waals surface area contributed by atoms with E-state index in [0.717, 1.165) is 11.3 Å². The van der Waals surface area contributed by atoms with Crippen LogP contribution in [-0.2, 0) is 0 Å². The van der Waals surface area contributed by atoms with Crippen LogP contribution < -0.4 is 5.73 Å². The van der Waals surface area contributed by atoms with Crippen LogP contribution in [-0.4, -0.2) is 22.7 Å². The Bertz CT molecular complexity index is 258. The van der Waals surface area contributed by atoms with Crippen LogP contribution in [0, 0.1) is 6.92 Å². The van der Waals surface area contributed by atoms with Gasteiger partial charge >= 0.3 is 0 Å². The first-order valence-electron chi connectivity index (χ1n) is 4.44. The first-order chi connectivity index (χ1) is 6.15. The zero-order valence-electron chi connectivity index (χ0n) is 8.07. The zero-order chi connectivity index (χ0) is 9.84. The molecule has 0 fully saturated rings. The van der Waals surface area contributed by atoms with Gasteiger partial charge in [0, 0.05) is 17.9 Å². The van der Waals surface area contributed by atoms with Crippen molar-refractivity contribution in [1.29, 1.82) is 0 Å². The monoisotopic (exact) mass is 180 g/mol. The van der Waals surface area contributed by atoms with Gasteiger partial charge in [0.05, 0.1) is 6.61 Å². The fraction of sp³-hybridized carbons (Fsp3) is 0.500. The van der Waals surface area contributed by atoms with Gasteiger partial charge in [-0.05, 0) is 24.5 Å².